The minimum atomic E-state index is 0.300. The third kappa shape index (κ3) is 3.11. The number of piperidine rings is 1. The van der Waals surface area contributed by atoms with Crippen LogP contribution in [0.2, 0.25) is 0 Å². The molecule has 1 aliphatic rings. The standard InChI is InChI=1S/C17H27NO/c1-13-5-6-16(14(2)11-13)18-9-8-17(3,4)15(12-18)7-10-19/h5-6,11,15,19H,7-10,12H2,1-4H3. The molecule has 2 nitrogen and oxygen atoms in total. The molecule has 2 heteroatoms. The highest BCUT2D eigenvalue weighted by atomic mass is 16.3. The van der Waals surface area contributed by atoms with Crippen LogP contribution in [0.1, 0.15) is 37.8 Å². The molecule has 0 amide bonds. The summed E-state index contributed by atoms with van der Waals surface area (Å²) in [4.78, 5) is 2.50. The van der Waals surface area contributed by atoms with Crippen LogP contribution in [0.3, 0.4) is 0 Å². The Morgan fingerprint density at radius 2 is 2.05 bits per heavy atom. The number of hydrogen-bond acceptors (Lipinski definition) is 2. The second-order valence-electron chi connectivity index (χ2n) is 6.68. The van der Waals surface area contributed by atoms with E-state index < -0.39 is 0 Å². The average Bonchev–Trinajstić information content (AvgIpc) is 2.33. The van der Waals surface area contributed by atoms with E-state index in [0.717, 1.165) is 19.5 Å². The Morgan fingerprint density at radius 1 is 1.32 bits per heavy atom. The fraction of sp³-hybridized carbons (Fsp3) is 0.647. The molecule has 106 valence electrons. The Balaban J connectivity index is 2.18. The van der Waals surface area contributed by atoms with Gasteiger partial charge in [-0.1, -0.05) is 31.5 Å². The summed E-state index contributed by atoms with van der Waals surface area (Å²) in [5, 5.41) is 9.28. The minimum Gasteiger partial charge on any atom is -0.396 e. The van der Waals surface area contributed by atoms with Crippen LogP contribution in [0, 0.1) is 25.2 Å². The lowest BCUT2D eigenvalue weighted by Crippen LogP contribution is -2.45. The van der Waals surface area contributed by atoms with Crippen molar-refractivity contribution in [1.82, 2.24) is 0 Å². The highest BCUT2D eigenvalue weighted by molar-refractivity contribution is 5.54. The molecule has 1 aliphatic heterocycles. The Morgan fingerprint density at radius 3 is 2.68 bits per heavy atom. The number of anilines is 1. The zero-order valence-electron chi connectivity index (χ0n) is 12.7. The van der Waals surface area contributed by atoms with Crippen LogP contribution < -0.4 is 4.90 Å². The molecule has 1 aromatic carbocycles. The minimum absolute atomic E-state index is 0.300. The Kier molecular flexibility index (Phi) is 4.19. The van der Waals surface area contributed by atoms with E-state index in [0.29, 0.717) is 17.9 Å². The lowest BCUT2D eigenvalue weighted by atomic mass is 9.72. The van der Waals surface area contributed by atoms with E-state index in [-0.39, 0.29) is 0 Å². The maximum absolute atomic E-state index is 9.28. The molecule has 1 atom stereocenters. The number of nitrogens with zero attached hydrogens (tertiary/aromatic N) is 1. The summed E-state index contributed by atoms with van der Waals surface area (Å²) in [6.07, 6.45) is 2.11. The Labute approximate surface area is 117 Å². The molecule has 1 fully saturated rings. The zero-order valence-corrected chi connectivity index (χ0v) is 12.7. The zero-order chi connectivity index (χ0) is 14.0. The highest BCUT2D eigenvalue weighted by Gasteiger charge is 2.35. The summed E-state index contributed by atoms with van der Waals surface area (Å²) in [5.74, 6) is 0.576. The number of aryl methyl sites for hydroxylation is 2. The number of rotatable bonds is 3. The second kappa shape index (κ2) is 5.54. The lowest BCUT2D eigenvalue weighted by Gasteiger charge is -2.45. The SMILES string of the molecule is Cc1ccc(N2CCC(C)(C)C(CCO)C2)c(C)c1. The molecule has 0 radical (unpaired) electrons. The monoisotopic (exact) mass is 261 g/mol. The van der Waals surface area contributed by atoms with Gasteiger partial charge >= 0.3 is 0 Å². The van der Waals surface area contributed by atoms with Crippen molar-refractivity contribution >= 4 is 5.69 Å². The first-order chi connectivity index (χ1) is 8.94. The molecular weight excluding hydrogens is 234 g/mol. The van der Waals surface area contributed by atoms with Crippen LogP contribution >= 0.6 is 0 Å². The molecule has 1 aromatic rings. The summed E-state index contributed by atoms with van der Waals surface area (Å²) in [5.41, 5.74) is 4.40. The summed E-state index contributed by atoms with van der Waals surface area (Å²) >= 11 is 0. The van der Waals surface area contributed by atoms with Crippen molar-refractivity contribution in [3.05, 3.63) is 29.3 Å². The van der Waals surface area contributed by atoms with Crippen molar-refractivity contribution < 1.29 is 5.11 Å². The fourth-order valence-corrected chi connectivity index (χ4v) is 3.25. The predicted molar refractivity (Wildman–Crippen MR) is 81.7 cm³/mol. The molecule has 1 unspecified atom stereocenters. The smallest absolute Gasteiger partial charge is 0.0434 e. The average molecular weight is 261 g/mol. The lowest BCUT2D eigenvalue weighted by molar-refractivity contribution is 0.132. The Hall–Kier alpha value is -1.02. The van der Waals surface area contributed by atoms with Crippen molar-refractivity contribution in [2.75, 3.05) is 24.6 Å². The van der Waals surface area contributed by atoms with E-state index in [1.165, 1.54) is 23.2 Å². The molecular formula is C17H27NO. The number of aliphatic hydroxyl groups is 1. The van der Waals surface area contributed by atoms with Gasteiger partial charge in [-0.05, 0) is 49.7 Å². The molecule has 1 heterocycles. The molecule has 1 N–H and O–H groups in total. The predicted octanol–water partition coefficient (Wildman–Crippen LogP) is 3.54. The highest BCUT2D eigenvalue weighted by Crippen LogP contribution is 2.39. The molecule has 1 saturated heterocycles. The van der Waals surface area contributed by atoms with Gasteiger partial charge in [-0.15, -0.1) is 0 Å². The van der Waals surface area contributed by atoms with Gasteiger partial charge < -0.3 is 10.0 Å². The van der Waals surface area contributed by atoms with Gasteiger partial charge in [0.05, 0.1) is 0 Å². The largest absolute Gasteiger partial charge is 0.396 e. The van der Waals surface area contributed by atoms with Gasteiger partial charge in [-0.3, -0.25) is 0 Å². The second-order valence-corrected chi connectivity index (χ2v) is 6.68. The quantitative estimate of drug-likeness (QED) is 0.899. The fourth-order valence-electron chi connectivity index (χ4n) is 3.25. The van der Waals surface area contributed by atoms with Crippen LogP contribution in [-0.4, -0.2) is 24.8 Å². The van der Waals surface area contributed by atoms with E-state index in [9.17, 15) is 5.11 Å². The normalized spacial score (nSPS) is 22.6. The van der Waals surface area contributed by atoms with Gasteiger partial charge in [-0.25, -0.2) is 0 Å². The summed E-state index contributed by atoms with van der Waals surface area (Å²) < 4.78 is 0. The van der Waals surface area contributed by atoms with Crippen molar-refractivity contribution in [2.24, 2.45) is 11.3 Å². The van der Waals surface area contributed by atoms with Crippen molar-refractivity contribution in [3.8, 4) is 0 Å². The maximum Gasteiger partial charge on any atom is 0.0434 e. The van der Waals surface area contributed by atoms with Gasteiger partial charge in [0.2, 0.25) is 0 Å². The third-order valence-electron chi connectivity index (χ3n) is 4.74. The molecule has 0 aliphatic carbocycles. The van der Waals surface area contributed by atoms with E-state index in [1.54, 1.807) is 0 Å². The van der Waals surface area contributed by atoms with Gasteiger partial charge in [0, 0.05) is 25.4 Å². The first-order valence-electron chi connectivity index (χ1n) is 7.37. The van der Waals surface area contributed by atoms with Crippen LogP contribution in [0.25, 0.3) is 0 Å². The van der Waals surface area contributed by atoms with Crippen LogP contribution in [0.15, 0.2) is 18.2 Å². The van der Waals surface area contributed by atoms with E-state index in [2.05, 4.69) is 50.8 Å². The summed E-state index contributed by atoms with van der Waals surface area (Å²) in [6.45, 7) is 11.5. The van der Waals surface area contributed by atoms with Gasteiger partial charge in [0.15, 0.2) is 0 Å². The van der Waals surface area contributed by atoms with Crippen LogP contribution in [0.4, 0.5) is 5.69 Å². The van der Waals surface area contributed by atoms with Crippen LogP contribution in [-0.2, 0) is 0 Å². The number of benzene rings is 1. The van der Waals surface area contributed by atoms with Crippen LogP contribution in [0.5, 0.6) is 0 Å². The number of hydrogen-bond donors (Lipinski definition) is 1. The van der Waals surface area contributed by atoms with E-state index in [4.69, 9.17) is 0 Å². The van der Waals surface area contributed by atoms with Gasteiger partial charge in [0.1, 0.15) is 0 Å². The molecule has 0 aromatic heterocycles. The third-order valence-corrected chi connectivity index (χ3v) is 4.74. The molecule has 0 saturated carbocycles. The van der Waals surface area contributed by atoms with Gasteiger partial charge in [-0.2, -0.15) is 0 Å². The first kappa shape index (κ1) is 14.4. The molecule has 0 spiro atoms. The maximum atomic E-state index is 9.28. The summed E-state index contributed by atoms with van der Waals surface area (Å²) in [6, 6.07) is 6.71. The summed E-state index contributed by atoms with van der Waals surface area (Å²) in [7, 11) is 0. The van der Waals surface area contributed by atoms with Crippen molar-refractivity contribution in [1.29, 1.82) is 0 Å². The Bertz CT molecular complexity index is 439. The van der Waals surface area contributed by atoms with Crippen molar-refractivity contribution in [2.45, 2.75) is 40.5 Å². The van der Waals surface area contributed by atoms with E-state index >= 15 is 0 Å². The first-order valence-corrected chi connectivity index (χ1v) is 7.37. The number of aliphatic hydroxyl groups excluding tert-OH is 1. The molecule has 2 rings (SSSR count). The topological polar surface area (TPSA) is 23.5 Å². The van der Waals surface area contributed by atoms with Crippen molar-refractivity contribution in [3.63, 3.8) is 0 Å². The van der Waals surface area contributed by atoms with Gasteiger partial charge in [0.25, 0.3) is 0 Å². The molecule has 0 bridgehead atoms. The molecule has 19 heavy (non-hydrogen) atoms. The van der Waals surface area contributed by atoms with E-state index in [1.807, 2.05) is 0 Å².